The Morgan fingerprint density at radius 2 is 0.622 bits per heavy atom. The summed E-state index contributed by atoms with van der Waals surface area (Å²) in [5.41, 5.74) is 6.46. The van der Waals surface area contributed by atoms with Crippen LogP contribution in [0.25, 0.3) is 33.8 Å². The molecule has 0 aliphatic heterocycles. The molecule has 0 N–H and O–H groups in total. The molecule has 0 amide bonds. The van der Waals surface area contributed by atoms with Gasteiger partial charge in [0.2, 0.25) is 0 Å². The minimum atomic E-state index is -2.52. The summed E-state index contributed by atoms with van der Waals surface area (Å²) in [6, 6.07) is 44.4. The molecule has 37 heavy (non-hydrogen) atoms. The van der Waals surface area contributed by atoms with Crippen LogP contribution in [0.15, 0.2) is 146 Å². The monoisotopic (exact) mass is 655 g/mol. The molecule has 0 atom stereocenters. The maximum absolute atomic E-state index is 4.93. The predicted molar refractivity (Wildman–Crippen MR) is 148 cm³/mol. The van der Waals surface area contributed by atoms with Crippen LogP contribution in [0.2, 0.25) is 0 Å². The van der Waals surface area contributed by atoms with Gasteiger partial charge in [-0.15, -0.1) is 0 Å². The van der Waals surface area contributed by atoms with E-state index in [1.165, 1.54) is 12.2 Å². The van der Waals surface area contributed by atoms with Gasteiger partial charge in [0.05, 0.1) is 0 Å². The standard InChI is InChI=1S/3C11H8N.Ir/c3*1-2-6-10(7-3-1)11-8-4-5-9-12-11;/h3*1-7,9H;. The van der Waals surface area contributed by atoms with Crippen molar-refractivity contribution in [1.29, 1.82) is 0 Å². The number of rotatable bonds is 6. The Kier molecular flexibility index (Phi) is 6.76. The first kappa shape index (κ1) is 23.2. The van der Waals surface area contributed by atoms with E-state index in [0.717, 1.165) is 33.8 Å². The summed E-state index contributed by atoms with van der Waals surface area (Å²) in [6.45, 7) is 0. The van der Waals surface area contributed by atoms with Gasteiger partial charge in [0.25, 0.3) is 0 Å². The molecular weight excluding hydrogens is 631 g/mol. The summed E-state index contributed by atoms with van der Waals surface area (Å²) in [4.78, 5) is 14.8. The molecule has 6 aromatic rings. The van der Waals surface area contributed by atoms with Gasteiger partial charge in [0, 0.05) is 0 Å². The molecular formula is C33H24IrN3. The van der Waals surface area contributed by atoms with Crippen molar-refractivity contribution in [2.24, 2.45) is 0 Å². The molecule has 4 heteroatoms. The Hall–Kier alpha value is -4.24. The van der Waals surface area contributed by atoms with E-state index in [-0.39, 0.29) is 0 Å². The second kappa shape index (κ2) is 10.8. The first-order valence-corrected chi connectivity index (χ1v) is 15.6. The number of benzene rings is 3. The molecule has 0 spiro atoms. The fourth-order valence-electron chi connectivity index (χ4n) is 4.24. The molecule has 0 radical (unpaired) electrons. The third kappa shape index (κ3) is 4.77. The molecule has 3 aromatic heterocycles. The minimum absolute atomic E-state index is 1.03. The van der Waals surface area contributed by atoms with Crippen LogP contribution in [0.1, 0.15) is 0 Å². The maximum atomic E-state index is 4.93. The number of hydrogen-bond acceptors (Lipinski definition) is 3. The molecule has 0 bridgehead atoms. The summed E-state index contributed by atoms with van der Waals surface area (Å²) < 4.78 is 3.84. The molecule has 3 aromatic carbocycles. The van der Waals surface area contributed by atoms with Crippen molar-refractivity contribution in [1.82, 2.24) is 15.0 Å². The van der Waals surface area contributed by atoms with Crippen molar-refractivity contribution in [3.8, 4) is 33.8 Å². The average molecular weight is 655 g/mol. The SMILES string of the molecule is c1ccc(-c2nccc[c]2[Ir]([c]2cccnc2-c2ccccc2)[c]2cccnc2-c2ccccc2)cc1. The van der Waals surface area contributed by atoms with Crippen LogP contribution < -0.4 is 12.2 Å². The molecule has 3 heterocycles. The van der Waals surface area contributed by atoms with Gasteiger partial charge in [-0.3, -0.25) is 0 Å². The van der Waals surface area contributed by atoms with Gasteiger partial charge in [-0.25, -0.2) is 0 Å². The van der Waals surface area contributed by atoms with E-state index in [1.54, 1.807) is 0 Å². The summed E-state index contributed by atoms with van der Waals surface area (Å²) >= 11 is -2.52. The molecule has 180 valence electrons. The third-order valence-electron chi connectivity index (χ3n) is 5.90. The first-order valence-electron chi connectivity index (χ1n) is 12.0. The predicted octanol–water partition coefficient (Wildman–Crippen LogP) is 5.77. The zero-order chi connectivity index (χ0) is 24.9. The Morgan fingerprint density at radius 3 is 0.919 bits per heavy atom. The summed E-state index contributed by atoms with van der Waals surface area (Å²) in [6.07, 6.45) is 5.68. The van der Waals surface area contributed by atoms with Crippen molar-refractivity contribution in [2.75, 3.05) is 0 Å². The summed E-state index contributed by atoms with van der Waals surface area (Å²) in [7, 11) is 0. The van der Waals surface area contributed by atoms with Gasteiger partial charge in [-0.1, -0.05) is 0 Å². The van der Waals surface area contributed by atoms with Crippen molar-refractivity contribution in [2.45, 2.75) is 0 Å². The van der Waals surface area contributed by atoms with E-state index in [0.29, 0.717) is 0 Å². The molecule has 0 fully saturated rings. The molecule has 0 unspecified atom stereocenters. The first-order chi connectivity index (χ1) is 18.4. The molecule has 0 aliphatic rings. The average Bonchev–Trinajstić information content (AvgIpc) is 2.99. The number of nitrogens with zero attached hydrogens (tertiary/aromatic N) is 3. The van der Waals surface area contributed by atoms with Gasteiger partial charge < -0.3 is 0 Å². The number of aromatic nitrogens is 3. The quantitative estimate of drug-likeness (QED) is 0.229. The van der Waals surface area contributed by atoms with Gasteiger partial charge in [-0.2, -0.15) is 0 Å². The van der Waals surface area contributed by atoms with Crippen LogP contribution in [0.4, 0.5) is 0 Å². The number of hydrogen-bond donors (Lipinski definition) is 0. The second-order valence-electron chi connectivity index (χ2n) is 8.28. The summed E-state index contributed by atoms with van der Waals surface area (Å²) in [5.74, 6) is 0. The van der Waals surface area contributed by atoms with Gasteiger partial charge in [-0.05, 0) is 0 Å². The van der Waals surface area contributed by atoms with Gasteiger partial charge >= 0.3 is 223 Å². The molecule has 0 aliphatic carbocycles. The van der Waals surface area contributed by atoms with Crippen LogP contribution >= 0.6 is 0 Å². The van der Waals surface area contributed by atoms with Crippen molar-refractivity contribution in [3.63, 3.8) is 0 Å². The Balaban J connectivity index is 1.66. The third-order valence-corrected chi connectivity index (χ3v) is 12.7. The van der Waals surface area contributed by atoms with E-state index in [1.807, 2.05) is 36.8 Å². The zero-order valence-corrected chi connectivity index (χ0v) is 22.4. The molecule has 6 rings (SSSR count). The Labute approximate surface area is 222 Å². The van der Waals surface area contributed by atoms with E-state index in [9.17, 15) is 0 Å². The van der Waals surface area contributed by atoms with E-state index < -0.39 is 16.5 Å². The van der Waals surface area contributed by atoms with Gasteiger partial charge in [0.15, 0.2) is 0 Å². The Morgan fingerprint density at radius 1 is 0.324 bits per heavy atom. The van der Waals surface area contributed by atoms with E-state index in [2.05, 4.69) is 109 Å². The normalized spacial score (nSPS) is 11.2. The van der Waals surface area contributed by atoms with Crippen molar-refractivity contribution < 1.29 is 16.5 Å². The van der Waals surface area contributed by atoms with Gasteiger partial charge in [0.1, 0.15) is 0 Å². The zero-order valence-electron chi connectivity index (χ0n) is 20.0. The fraction of sp³-hybridized carbons (Fsp3) is 0. The Bertz CT molecular complexity index is 1420. The number of pyridine rings is 3. The van der Waals surface area contributed by atoms with Crippen molar-refractivity contribution in [3.05, 3.63) is 146 Å². The van der Waals surface area contributed by atoms with Crippen LogP contribution in [0.5, 0.6) is 0 Å². The molecule has 3 nitrogen and oxygen atoms in total. The summed E-state index contributed by atoms with van der Waals surface area (Å²) in [5, 5.41) is 0. The van der Waals surface area contributed by atoms with Crippen LogP contribution in [-0.4, -0.2) is 15.0 Å². The van der Waals surface area contributed by atoms with Crippen LogP contribution in [0, 0.1) is 0 Å². The van der Waals surface area contributed by atoms with Crippen LogP contribution in [0.3, 0.4) is 0 Å². The molecule has 0 saturated heterocycles. The van der Waals surface area contributed by atoms with Crippen molar-refractivity contribution >= 4 is 12.2 Å². The van der Waals surface area contributed by atoms with E-state index in [4.69, 9.17) is 15.0 Å². The fourth-order valence-corrected chi connectivity index (χ4v) is 11.4. The van der Waals surface area contributed by atoms with E-state index >= 15 is 0 Å². The topological polar surface area (TPSA) is 38.7 Å². The second-order valence-corrected chi connectivity index (χ2v) is 13.9. The molecule has 0 saturated carbocycles. The van der Waals surface area contributed by atoms with Crippen LogP contribution in [-0.2, 0) is 16.5 Å².